The molecule has 0 bridgehead atoms. The highest BCUT2D eigenvalue weighted by molar-refractivity contribution is 7.09. The number of thiophene rings is 1. The molecule has 4 heteroatoms. The van der Waals surface area contributed by atoms with E-state index >= 15 is 0 Å². The Morgan fingerprint density at radius 2 is 2.12 bits per heavy atom. The number of carbonyl (C=O) groups is 1. The summed E-state index contributed by atoms with van der Waals surface area (Å²) in [4.78, 5) is 15.8. The molecule has 0 saturated carbocycles. The smallest absolute Gasteiger partial charge is 0.310 e. The highest BCUT2D eigenvalue weighted by Crippen LogP contribution is 2.32. The van der Waals surface area contributed by atoms with Crippen molar-refractivity contribution in [3.63, 3.8) is 0 Å². The molecule has 0 N–H and O–H groups in total. The SMILES string of the molecule is CCCN(CCc1cccs1)[C@@H]1CCc2c(cccc2OC(=O)CC)C1. The third kappa shape index (κ3) is 4.74. The number of rotatable bonds is 8. The first-order valence-corrected chi connectivity index (χ1v) is 10.7. The summed E-state index contributed by atoms with van der Waals surface area (Å²) in [6.45, 7) is 6.37. The quantitative estimate of drug-likeness (QED) is 0.489. The van der Waals surface area contributed by atoms with Crippen LogP contribution in [0.15, 0.2) is 35.7 Å². The number of hydrogen-bond acceptors (Lipinski definition) is 4. The van der Waals surface area contributed by atoms with Gasteiger partial charge in [-0.15, -0.1) is 11.3 Å². The first-order valence-electron chi connectivity index (χ1n) is 9.79. The topological polar surface area (TPSA) is 29.5 Å². The van der Waals surface area contributed by atoms with E-state index in [1.165, 1.54) is 22.4 Å². The van der Waals surface area contributed by atoms with Crippen molar-refractivity contribution >= 4 is 17.3 Å². The Labute approximate surface area is 161 Å². The van der Waals surface area contributed by atoms with E-state index in [9.17, 15) is 4.79 Å². The molecule has 0 radical (unpaired) electrons. The number of esters is 1. The van der Waals surface area contributed by atoms with Crippen LogP contribution in [0.4, 0.5) is 0 Å². The number of benzene rings is 1. The standard InChI is InChI=1S/C22H29NO2S/c1-3-13-23(14-12-19-8-6-15-26-19)18-10-11-20-17(16-18)7-5-9-21(20)25-22(24)4-2/h5-9,15,18H,3-4,10-14,16H2,1-2H3/t18-/m1/s1. The zero-order valence-corrected chi connectivity index (χ0v) is 16.7. The normalized spacial score (nSPS) is 16.5. The Balaban J connectivity index is 1.69. The van der Waals surface area contributed by atoms with Gasteiger partial charge in [-0.05, 0) is 67.3 Å². The summed E-state index contributed by atoms with van der Waals surface area (Å²) in [5, 5.41) is 2.16. The van der Waals surface area contributed by atoms with E-state index < -0.39 is 0 Å². The molecule has 0 saturated heterocycles. The molecule has 0 spiro atoms. The lowest BCUT2D eigenvalue weighted by Gasteiger charge is -2.35. The van der Waals surface area contributed by atoms with E-state index in [0.717, 1.165) is 44.5 Å². The second-order valence-electron chi connectivity index (χ2n) is 6.98. The van der Waals surface area contributed by atoms with Crippen LogP contribution < -0.4 is 4.74 Å². The molecule has 1 aromatic carbocycles. The third-order valence-corrected chi connectivity index (χ3v) is 6.11. The van der Waals surface area contributed by atoms with Crippen LogP contribution in [0, 0.1) is 0 Å². The zero-order valence-electron chi connectivity index (χ0n) is 15.9. The van der Waals surface area contributed by atoms with Crippen LogP contribution >= 0.6 is 11.3 Å². The Bertz CT molecular complexity index is 711. The maximum atomic E-state index is 11.7. The van der Waals surface area contributed by atoms with Gasteiger partial charge < -0.3 is 4.74 Å². The van der Waals surface area contributed by atoms with Crippen molar-refractivity contribution in [2.24, 2.45) is 0 Å². The summed E-state index contributed by atoms with van der Waals surface area (Å²) in [6.07, 6.45) is 5.91. The van der Waals surface area contributed by atoms with E-state index in [2.05, 4.69) is 35.4 Å². The van der Waals surface area contributed by atoms with Crippen LogP contribution in [0.1, 0.15) is 49.1 Å². The molecule has 1 aliphatic rings. The van der Waals surface area contributed by atoms with E-state index in [-0.39, 0.29) is 5.97 Å². The van der Waals surface area contributed by atoms with Gasteiger partial charge in [0.2, 0.25) is 0 Å². The predicted molar refractivity (Wildman–Crippen MR) is 108 cm³/mol. The van der Waals surface area contributed by atoms with Crippen LogP contribution in [0.5, 0.6) is 5.75 Å². The third-order valence-electron chi connectivity index (χ3n) is 5.18. The van der Waals surface area contributed by atoms with Crippen LogP contribution in [-0.2, 0) is 24.1 Å². The van der Waals surface area contributed by atoms with Crippen molar-refractivity contribution in [1.29, 1.82) is 0 Å². The predicted octanol–water partition coefficient (Wildman–Crippen LogP) is 4.88. The van der Waals surface area contributed by atoms with Crippen LogP contribution in [0.2, 0.25) is 0 Å². The molecule has 0 aliphatic heterocycles. The Kier molecular flexibility index (Phi) is 6.86. The van der Waals surface area contributed by atoms with Gasteiger partial charge in [-0.3, -0.25) is 9.69 Å². The monoisotopic (exact) mass is 371 g/mol. The molecule has 3 nitrogen and oxygen atoms in total. The van der Waals surface area contributed by atoms with E-state index in [1.54, 1.807) is 0 Å². The van der Waals surface area contributed by atoms with Gasteiger partial charge >= 0.3 is 5.97 Å². The van der Waals surface area contributed by atoms with Gasteiger partial charge in [-0.25, -0.2) is 0 Å². The van der Waals surface area contributed by atoms with Gasteiger partial charge in [0.25, 0.3) is 0 Å². The lowest BCUT2D eigenvalue weighted by Crippen LogP contribution is -2.41. The Hall–Kier alpha value is -1.65. The lowest BCUT2D eigenvalue weighted by atomic mass is 9.86. The Morgan fingerprint density at radius 3 is 2.85 bits per heavy atom. The number of fused-ring (bicyclic) bond motifs is 1. The molecule has 0 unspecified atom stereocenters. The largest absolute Gasteiger partial charge is 0.426 e. The van der Waals surface area contributed by atoms with Crippen LogP contribution in [-0.4, -0.2) is 30.0 Å². The number of hydrogen-bond donors (Lipinski definition) is 0. The highest BCUT2D eigenvalue weighted by atomic mass is 32.1. The highest BCUT2D eigenvalue weighted by Gasteiger charge is 2.26. The maximum Gasteiger partial charge on any atom is 0.310 e. The first kappa shape index (κ1) is 19.1. The molecule has 1 heterocycles. The summed E-state index contributed by atoms with van der Waals surface area (Å²) in [6, 6.07) is 11.1. The van der Waals surface area contributed by atoms with Crippen molar-refractivity contribution in [2.75, 3.05) is 13.1 Å². The molecular formula is C22H29NO2S. The van der Waals surface area contributed by atoms with Crippen molar-refractivity contribution in [2.45, 2.75) is 58.4 Å². The molecular weight excluding hydrogens is 342 g/mol. The molecule has 0 amide bonds. The molecule has 1 atom stereocenters. The fraction of sp³-hybridized carbons (Fsp3) is 0.500. The average molecular weight is 372 g/mol. The van der Waals surface area contributed by atoms with E-state index in [1.807, 2.05) is 30.4 Å². The van der Waals surface area contributed by atoms with Gasteiger partial charge in [-0.1, -0.05) is 32.0 Å². The van der Waals surface area contributed by atoms with Gasteiger partial charge in [0.1, 0.15) is 5.75 Å². The summed E-state index contributed by atoms with van der Waals surface area (Å²) in [5.41, 5.74) is 2.58. The second kappa shape index (κ2) is 9.33. The molecule has 2 aromatic rings. The average Bonchev–Trinajstić information content (AvgIpc) is 3.18. The summed E-state index contributed by atoms with van der Waals surface area (Å²) >= 11 is 1.85. The molecule has 140 valence electrons. The minimum absolute atomic E-state index is 0.149. The molecule has 3 rings (SSSR count). The van der Waals surface area contributed by atoms with Gasteiger partial charge in [0.15, 0.2) is 0 Å². The number of carbonyl (C=O) groups excluding carboxylic acids is 1. The van der Waals surface area contributed by atoms with Gasteiger partial charge in [-0.2, -0.15) is 0 Å². The summed E-state index contributed by atoms with van der Waals surface area (Å²) < 4.78 is 5.55. The lowest BCUT2D eigenvalue weighted by molar-refractivity contribution is -0.134. The molecule has 1 aliphatic carbocycles. The van der Waals surface area contributed by atoms with Crippen molar-refractivity contribution in [3.8, 4) is 5.75 Å². The summed E-state index contributed by atoms with van der Waals surface area (Å²) in [5.74, 6) is 0.623. The first-order chi connectivity index (χ1) is 12.7. The van der Waals surface area contributed by atoms with E-state index in [0.29, 0.717) is 12.5 Å². The molecule has 0 fully saturated rings. The minimum atomic E-state index is -0.149. The zero-order chi connectivity index (χ0) is 18.4. The molecule has 26 heavy (non-hydrogen) atoms. The number of ether oxygens (including phenoxy) is 1. The Morgan fingerprint density at radius 1 is 1.23 bits per heavy atom. The van der Waals surface area contributed by atoms with Crippen molar-refractivity contribution in [3.05, 3.63) is 51.7 Å². The second-order valence-corrected chi connectivity index (χ2v) is 8.02. The number of nitrogens with zero attached hydrogens (tertiary/aromatic N) is 1. The minimum Gasteiger partial charge on any atom is -0.426 e. The van der Waals surface area contributed by atoms with E-state index in [4.69, 9.17) is 4.74 Å². The summed E-state index contributed by atoms with van der Waals surface area (Å²) in [7, 11) is 0. The van der Waals surface area contributed by atoms with Crippen molar-refractivity contribution in [1.82, 2.24) is 4.90 Å². The van der Waals surface area contributed by atoms with Crippen molar-refractivity contribution < 1.29 is 9.53 Å². The fourth-order valence-electron chi connectivity index (χ4n) is 3.83. The van der Waals surface area contributed by atoms with Crippen LogP contribution in [0.3, 0.4) is 0 Å². The molecule has 1 aromatic heterocycles. The fourth-order valence-corrected chi connectivity index (χ4v) is 4.53. The van der Waals surface area contributed by atoms with Gasteiger partial charge in [0, 0.05) is 23.9 Å². The van der Waals surface area contributed by atoms with Gasteiger partial charge in [0.05, 0.1) is 0 Å². The maximum absolute atomic E-state index is 11.7. The van der Waals surface area contributed by atoms with Crippen LogP contribution in [0.25, 0.3) is 0 Å².